The molecule has 0 spiro atoms. The van der Waals surface area contributed by atoms with Gasteiger partial charge in [-0.1, -0.05) is 12.1 Å². The standard InChI is InChI=1S/C21H19FN4OS2/c22-14-6-8-15(9-7-14)24-18(27)10-12-26-20(17-5-3-13-29-17)19(25-21(26)28)16-4-1-2-11-23-16/h1-9,11,13,19-20H,10,12H2,(H,24,27)(H,25,28)/t19-,20-/m1/s1. The van der Waals surface area contributed by atoms with Crippen LogP contribution in [-0.2, 0) is 4.79 Å². The summed E-state index contributed by atoms with van der Waals surface area (Å²) in [6, 6.07) is 15.5. The average molecular weight is 427 g/mol. The molecule has 4 rings (SSSR count). The minimum Gasteiger partial charge on any atom is -0.352 e. The molecule has 1 amide bonds. The van der Waals surface area contributed by atoms with Crippen LogP contribution >= 0.6 is 23.6 Å². The van der Waals surface area contributed by atoms with Gasteiger partial charge in [0, 0.05) is 29.7 Å². The van der Waals surface area contributed by atoms with Crippen LogP contribution in [0.3, 0.4) is 0 Å². The first-order chi connectivity index (χ1) is 14.1. The van der Waals surface area contributed by atoms with E-state index in [9.17, 15) is 9.18 Å². The van der Waals surface area contributed by atoms with E-state index < -0.39 is 0 Å². The molecule has 1 aromatic carbocycles. The molecule has 0 radical (unpaired) electrons. The first-order valence-corrected chi connectivity index (χ1v) is 10.5. The summed E-state index contributed by atoms with van der Waals surface area (Å²) in [6.07, 6.45) is 2.03. The molecule has 148 valence electrons. The number of hydrogen-bond acceptors (Lipinski definition) is 4. The van der Waals surface area contributed by atoms with Crippen molar-refractivity contribution in [3.8, 4) is 0 Å². The second kappa shape index (κ2) is 8.67. The summed E-state index contributed by atoms with van der Waals surface area (Å²) >= 11 is 7.24. The van der Waals surface area contributed by atoms with E-state index in [-0.39, 0.29) is 30.2 Å². The molecule has 8 heteroatoms. The normalized spacial score (nSPS) is 18.5. The van der Waals surface area contributed by atoms with Crippen molar-refractivity contribution in [1.82, 2.24) is 15.2 Å². The van der Waals surface area contributed by atoms with E-state index in [4.69, 9.17) is 12.2 Å². The Morgan fingerprint density at radius 1 is 1.21 bits per heavy atom. The second-order valence-corrected chi connectivity index (χ2v) is 8.01. The van der Waals surface area contributed by atoms with Gasteiger partial charge in [-0.3, -0.25) is 9.78 Å². The number of rotatable bonds is 6. The number of benzene rings is 1. The second-order valence-electron chi connectivity index (χ2n) is 6.64. The molecule has 2 aromatic heterocycles. The van der Waals surface area contributed by atoms with Gasteiger partial charge in [-0.2, -0.15) is 0 Å². The molecule has 1 fully saturated rings. The number of thiocarbonyl (C=S) groups is 1. The molecule has 2 atom stereocenters. The van der Waals surface area contributed by atoms with Crippen molar-refractivity contribution in [3.63, 3.8) is 0 Å². The summed E-state index contributed by atoms with van der Waals surface area (Å²) in [5.74, 6) is -0.485. The number of thiophene rings is 1. The molecule has 1 aliphatic heterocycles. The highest BCUT2D eigenvalue weighted by Crippen LogP contribution is 2.40. The van der Waals surface area contributed by atoms with E-state index in [1.165, 1.54) is 12.1 Å². The van der Waals surface area contributed by atoms with Crippen molar-refractivity contribution in [2.45, 2.75) is 18.5 Å². The Kier molecular flexibility index (Phi) is 5.82. The fourth-order valence-electron chi connectivity index (χ4n) is 3.39. The lowest BCUT2D eigenvalue weighted by atomic mass is 10.0. The third kappa shape index (κ3) is 4.44. The highest BCUT2D eigenvalue weighted by molar-refractivity contribution is 7.80. The first kappa shape index (κ1) is 19.5. The Morgan fingerprint density at radius 2 is 2.03 bits per heavy atom. The Bertz CT molecular complexity index is 980. The molecular weight excluding hydrogens is 407 g/mol. The van der Waals surface area contributed by atoms with Crippen LogP contribution in [0.15, 0.2) is 66.2 Å². The highest BCUT2D eigenvalue weighted by atomic mass is 32.1. The molecule has 0 aliphatic carbocycles. The molecule has 29 heavy (non-hydrogen) atoms. The highest BCUT2D eigenvalue weighted by Gasteiger charge is 2.40. The van der Waals surface area contributed by atoms with E-state index in [1.807, 2.05) is 34.5 Å². The number of pyridine rings is 1. The quantitative estimate of drug-likeness (QED) is 0.576. The Morgan fingerprint density at radius 3 is 2.72 bits per heavy atom. The van der Waals surface area contributed by atoms with Crippen LogP contribution < -0.4 is 10.6 Å². The predicted octanol–water partition coefficient (Wildman–Crippen LogP) is 4.28. The molecule has 3 aromatic rings. The Hall–Kier alpha value is -2.84. The predicted molar refractivity (Wildman–Crippen MR) is 116 cm³/mol. The van der Waals surface area contributed by atoms with E-state index in [0.29, 0.717) is 17.3 Å². The van der Waals surface area contributed by atoms with E-state index in [0.717, 1.165) is 10.6 Å². The molecule has 2 N–H and O–H groups in total. The van der Waals surface area contributed by atoms with Gasteiger partial charge in [0.1, 0.15) is 5.82 Å². The van der Waals surface area contributed by atoms with E-state index in [1.54, 1.807) is 29.7 Å². The minimum absolute atomic E-state index is 0.0315. The number of carbonyl (C=O) groups excluding carboxylic acids is 1. The molecular formula is C21H19FN4OS2. The van der Waals surface area contributed by atoms with Gasteiger partial charge < -0.3 is 15.5 Å². The summed E-state index contributed by atoms with van der Waals surface area (Å²) in [5, 5.41) is 8.80. The number of carbonyl (C=O) groups is 1. The maximum absolute atomic E-state index is 13.0. The van der Waals surface area contributed by atoms with Crippen LogP contribution in [0.2, 0.25) is 0 Å². The zero-order chi connectivity index (χ0) is 20.2. The zero-order valence-electron chi connectivity index (χ0n) is 15.4. The van der Waals surface area contributed by atoms with Crippen LogP contribution in [0.5, 0.6) is 0 Å². The Labute approximate surface area is 177 Å². The molecule has 1 saturated heterocycles. The molecule has 0 bridgehead atoms. The van der Waals surface area contributed by atoms with E-state index in [2.05, 4.69) is 21.7 Å². The number of anilines is 1. The van der Waals surface area contributed by atoms with Gasteiger partial charge in [0.05, 0.1) is 17.8 Å². The van der Waals surface area contributed by atoms with Crippen molar-refractivity contribution in [2.75, 3.05) is 11.9 Å². The van der Waals surface area contributed by atoms with Gasteiger partial charge in [0.15, 0.2) is 5.11 Å². The lowest BCUT2D eigenvalue weighted by Gasteiger charge is -2.26. The van der Waals surface area contributed by atoms with Crippen molar-refractivity contribution >= 4 is 40.3 Å². The van der Waals surface area contributed by atoms with Gasteiger partial charge >= 0.3 is 0 Å². The molecule has 3 heterocycles. The van der Waals surface area contributed by atoms with Gasteiger partial charge in [-0.15, -0.1) is 11.3 Å². The number of hydrogen-bond donors (Lipinski definition) is 2. The maximum Gasteiger partial charge on any atom is 0.226 e. The van der Waals surface area contributed by atoms with Gasteiger partial charge in [-0.25, -0.2) is 4.39 Å². The topological polar surface area (TPSA) is 57.3 Å². The van der Waals surface area contributed by atoms with Crippen LogP contribution in [0, 0.1) is 5.82 Å². The number of nitrogens with one attached hydrogen (secondary N) is 2. The smallest absolute Gasteiger partial charge is 0.226 e. The lowest BCUT2D eigenvalue weighted by Crippen LogP contribution is -2.32. The first-order valence-electron chi connectivity index (χ1n) is 9.19. The zero-order valence-corrected chi connectivity index (χ0v) is 17.0. The van der Waals surface area contributed by atoms with E-state index >= 15 is 0 Å². The fraction of sp³-hybridized carbons (Fsp3) is 0.190. The van der Waals surface area contributed by atoms with Crippen molar-refractivity contribution in [3.05, 3.63) is 82.6 Å². The van der Waals surface area contributed by atoms with Crippen LogP contribution in [-0.4, -0.2) is 27.4 Å². The largest absolute Gasteiger partial charge is 0.352 e. The summed E-state index contributed by atoms with van der Waals surface area (Å²) in [5.41, 5.74) is 1.48. The van der Waals surface area contributed by atoms with Crippen molar-refractivity contribution in [1.29, 1.82) is 0 Å². The van der Waals surface area contributed by atoms with Crippen molar-refractivity contribution < 1.29 is 9.18 Å². The van der Waals surface area contributed by atoms with Gasteiger partial charge in [0.25, 0.3) is 0 Å². The number of aromatic nitrogens is 1. The number of amides is 1. The average Bonchev–Trinajstić information content (AvgIpc) is 3.36. The minimum atomic E-state index is -0.337. The van der Waals surface area contributed by atoms with Gasteiger partial charge in [-0.05, 0) is 60.1 Å². The van der Waals surface area contributed by atoms with Crippen LogP contribution in [0.4, 0.5) is 10.1 Å². The molecule has 0 saturated carbocycles. The number of halogens is 1. The third-order valence-corrected chi connectivity index (χ3v) is 6.04. The summed E-state index contributed by atoms with van der Waals surface area (Å²) in [4.78, 5) is 20.1. The lowest BCUT2D eigenvalue weighted by molar-refractivity contribution is -0.116. The summed E-state index contributed by atoms with van der Waals surface area (Å²) in [7, 11) is 0. The maximum atomic E-state index is 13.0. The third-order valence-electron chi connectivity index (χ3n) is 4.74. The van der Waals surface area contributed by atoms with Crippen LogP contribution in [0.1, 0.15) is 29.1 Å². The van der Waals surface area contributed by atoms with Crippen LogP contribution in [0.25, 0.3) is 0 Å². The summed E-state index contributed by atoms with van der Waals surface area (Å²) in [6.45, 7) is 0.463. The molecule has 1 aliphatic rings. The van der Waals surface area contributed by atoms with Gasteiger partial charge in [0.2, 0.25) is 5.91 Å². The Balaban J connectivity index is 1.48. The SMILES string of the molecule is O=C(CCN1C(=S)N[C@H](c2ccccn2)[C@H]1c1cccs1)Nc1ccc(F)cc1. The van der Waals surface area contributed by atoms with Crippen molar-refractivity contribution in [2.24, 2.45) is 0 Å². The number of nitrogens with zero attached hydrogens (tertiary/aromatic N) is 2. The fourth-order valence-corrected chi connectivity index (χ4v) is 4.60. The summed E-state index contributed by atoms with van der Waals surface area (Å²) < 4.78 is 13.0. The monoisotopic (exact) mass is 426 g/mol. The molecule has 0 unspecified atom stereocenters. The molecule has 5 nitrogen and oxygen atoms in total.